The van der Waals surface area contributed by atoms with Gasteiger partial charge in [0.1, 0.15) is 5.82 Å². The van der Waals surface area contributed by atoms with Crippen molar-refractivity contribution in [3.63, 3.8) is 0 Å². The molecule has 33 heavy (non-hydrogen) atoms. The molecule has 1 aromatic heterocycles. The summed E-state index contributed by atoms with van der Waals surface area (Å²) >= 11 is 6.19. The average molecular weight is 466 g/mol. The first-order chi connectivity index (χ1) is 15.9. The van der Waals surface area contributed by atoms with Crippen LogP contribution in [0.2, 0.25) is 5.02 Å². The highest BCUT2D eigenvalue weighted by atomic mass is 35.5. The van der Waals surface area contributed by atoms with Crippen LogP contribution in [0.5, 0.6) is 0 Å². The second-order valence-corrected chi connectivity index (χ2v) is 9.61. The normalized spacial score (nSPS) is 15.2. The minimum absolute atomic E-state index is 0.107. The molecule has 1 saturated carbocycles. The zero-order valence-corrected chi connectivity index (χ0v) is 20.4. The molecule has 174 valence electrons. The molecule has 5 nitrogen and oxygen atoms in total. The minimum atomic E-state index is -0.312. The standard InChI is InChI=1S/C27H32ClN3O2/c1-4-23(30(3)25(32)16-13-19-9-5-6-10-19)26-29-22-12-8-7-11-21(22)27(33)31(26)24-15-14-20(28)17-18(24)2/h7-8,11-12,14-15,17,19,23H,4-6,9-10,13,16H2,1-3H3. The third-order valence-corrected chi connectivity index (χ3v) is 7.22. The van der Waals surface area contributed by atoms with Crippen molar-refractivity contribution in [1.82, 2.24) is 14.5 Å². The van der Waals surface area contributed by atoms with E-state index in [1.807, 2.05) is 51.2 Å². The lowest BCUT2D eigenvalue weighted by Gasteiger charge is -2.30. The molecule has 1 fully saturated rings. The van der Waals surface area contributed by atoms with E-state index >= 15 is 0 Å². The van der Waals surface area contributed by atoms with Crippen molar-refractivity contribution in [1.29, 1.82) is 0 Å². The fourth-order valence-corrected chi connectivity index (χ4v) is 5.31. The molecule has 1 aliphatic rings. The number of nitrogens with zero attached hydrogens (tertiary/aromatic N) is 3. The van der Waals surface area contributed by atoms with Gasteiger partial charge in [0.25, 0.3) is 5.56 Å². The summed E-state index contributed by atoms with van der Waals surface area (Å²) in [6, 6.07) is 12.6. The number of benzene rings is 2. The quantitative estimate of drug-likeness (QED) is 0.415. The van der Waals surface area contributed by atoms with Crippen LogP contribution in [0.1, 0.15) is 69.3 Å². The average Bonchev–Trinajstić information content (AvgIpc) is 3.33. The summed E-state index contributed by atoms with van der Waals surface area (Å²) in [5.74, 6) is 1.36. The molecule has 1 unspecified atom stereocenters. The van der Waals surface area contributed by atoms with Crippen LogP contribution in [0, 0.1) is 12.8 Å². The molecule has 0 N–H and O–H groups in total. The van der Waals surface area contributed by atoms with E-state index in [0.29, 0.717) is 40.5 Å². The smallest absolute Gasteiger partial charge is 0.266 e. The predicted molar refractivity (Wildman–Crippen MR) is 134 cm³/mol. The molecule has 3 aromatic rings. The van der Waals surface area contributed by atoms with Gasteiger partial charge >= 0.3 is 0 Å². The molecule has 1 atom stereocenters. The molecule has 6 heteroatoms. The van der Waals surface area contributed by atoms with Crippen molar-refractivity contribution in [2.24, 2.45) is 5.92 Å². The number of rotatable bonds is 7. The van der Waals surface area contributed by atoms with Gasteiger partial charge in [-0.1, -0.05) is 56.3 Å². The van der Waals surface area contributed by atoms with Crippen molar-refractivity contribution >= 4 is 28.4 Å². The number of carbonyl (C=O) groups is 1. The number of aryl methyl sites for hydroxylation is 1. The van der Waals surface area contributed by atoms with Crippen molar-refractivity contribution in [3.05, 3.63) is 69.2 Å². The maximum Gasteiger partial charge on any atom is 0.266 e. The number of amides is 1. The van der Waals surface area contributed by atoms with Gasteiger partial charge in [-0.2, -0.15) is 0 Å². The van der Waals surface area contributed by atoms with Gasteiger partial charge in [0, 0.05) is 18.5 Å². The van der Waals surface area contributed by atoms with Crippen LogP contribution in [-0.4, -0.2) is 27.4 Å². The first-order valence-corrected chi connectivity index (χ1v) is 12.3. The second-order valence-electron chi connectivity index (χ2n) is 9.18. The van der Waals surface area contributed by atoms with Crippen molar-refractivity contribution in [2.45, 2.75) is 64.8 Å². The van der Waals surface area contributed by atoms with E-state index in [4.69, 9.17) is 16.6 Å². The highest BCUT2D eigenvalue weighted by Crippen LogP contribution is 2.31. The molecule has 0 radical (unpaired) electrons. The number of aromatic nitrogens is 2. The highest BCUT2D eigenvalue weighted by molar-refractivity contribution is 6.30. The Kier molecular flexibility index (Phi) is 7.18. The van der Waals surface area contributed by atoms with Gasteiger partial charge in [0.15, 0.2) is 0 Å². The summed E-state index contributed by atoms with van der Waals surface area (Å²) in [7, 11) is 1.84. The summed E-state index contributed by atoms with van der Waals surface area (Å²) < 4.78 is 1.67. The third-order valence-electron chi connectivity index (χ3n) is 6.99. The summed E-state index contributed by atoms with van der Waals surface area (Å²) in [5.41, 5.74) is 2.13. The Labute approximate surface area is 200 Å². The molecule has 1 aliphatic carbocycles. The number of para-hydroxylation sites is 1. The highest BCUT2D eigenvalue weighted by Gasteiger charge is 2.27. The maximum atomic E-state index is 13.7. The van der Waals surface area contributed by atoms with E-state index in [9.17, 15) is 9.59 Å². The van der Waals surface area contributed by atoms with Gasteiger partial charge in [-0.25, -0.2) is 4.98 Å². The monoisotopic (exact) mass is 465 g/mol. The Hall–Kier alpha value is -2.66. The van der Waals surface area contributed by atoms with Crippen LogP contribution >= 0.6 is 11.6 Å². The number of hydrogen-bond donors (Lipinski definition) is 0. The molecule has 0 aliphatic heterocycles. The van der Waals surface area contributed by atoms with Crippen LogP contribution in [0.25, 0.3) is 16.6 Å². The molecule has 0 spiro atoms. The molecule has 1 heterocycles. The topological polar surface area (TPSA) is 55.2 Å². The fourth-order valence-electron chi connectivity index (χ4n) is 5.08. The lowest BCUT2D eigenvalue weighted by Crippen LogP contribution is -2.36. The van der Waals surface area contributed by atoms with Crippen molar-refractivity contribution < 1.29 is 4.79 Å². The molecule has 0 bridgehead atoms. The number of hydrogen-bond acceptors (Lipinski definition) is 3. The van der Waals surface area contributed by atoms with Crippen molar-refractivity contribution in [2.75, 3.05) is 7.05 Å². The second kappa shape index (κ2) is 10.1. The van der Waals surface area contributed by atoms with Gasteiger partial charge in [-0.3, -0.25) is 14.2 Å². The van der Waals surface area contributed by atoms with Crippen molar-refractivity contribution in [3.8, 4) is 5.69 Å². The third kappa shape index (κ3) is 4.84. The van der Waals surface area contributed by atoms with Crippen LogP contribution in [0.15, 0.2) is 47.3 Å². The summed E-state index contributed by atoms with van der Waals surface area (Å²) in [6.07, 6.45) is 7.15. The number of carbonyl (C=O) groups excluding carboxylic acids is 1. The minimum Gasteiger partial charge on any atom is -0.336 e. The Morgan fingerprint density at radius 1 is 1.21 bits per heavy atom. The van der Waals surface area contributed by atoms with E-state index in [-0.39, 0.29) is 17.5 Å². The number of halogens is 1. The van der Waals surface area contributed by atoms with E-state index in [1.54, 1.807) is 21.6 Å². The fraction of sp³-hybridized carbons (Fsp3) is 0.444. The van der Waals surface area contributed by atoms with E-state index in [1.165, 1.54) is 25.7 Å². The first-order valence-electron chi connectivity index (χ1n) is 11.9. The van der Waals surface area contributed by atoms with Crippen LogP contribution in [0.4, 0.5) is 0 Å². The molecule has 2 aromatic carbocycles. The Morgan fingerprint density at radius 2 is 1.94 bits per heavy atom. The lowest BCUT2D eigenvalue weighted by molar-refractivity contribution is -0.132. The zero-order chi connectivity index (χ0) is 23.5. The molecule has 0 saturated heterocycles. The Bertz CT molecular complexity index is 1210. The van der Waals surface area contributed by atoms with Gasteiger partial charge in [-0.05, 0) is 61.6 Å². The Morgan fingerprint density at radius 3 is 2.64 bits per heavy atom. The molecular weight excluding hydrogens is 434 g/mol. The Balaban J connectivity index is 1.78. The van der Waals surface area contributed by atoms with E-state index in [0.717, 1.165) is 17.7 Å². The molecule has 1 amide bonds. The number of fused-ring (bicyclic) bond motifs is 1. The maximum absolute atomic E-state index is 13.7. The van der Waals surface area contributed by atoms with Gasteiger partial charge in [0.05, 0.1) is 22.6 Å². The van der Waals surface area contributed by atoms with E-state index < -0.39 is 0 Å². The predicted octanol–water partition coefficient (Wildman–Crippen LogP) is 6.23. The van der Waals surface area contributed by atoms with Crippen LogP contribution in [0.3, 0.4) is 0 Å². The summed E-state index contributed by atoms with van der Waals surface area (Å²) in [6.45, 7) is 3.97. The van der Waals surface area contributed by atoms with Crippen LogP contribution in [-0.2, 0) is 4.79 Å². The van der Waals surface area contributed by atoms with Crippen LogP contribution < -0.4 is 5.56 Å². The summed E-state index contributed by atoms with van der Waals surface area (Å²) in [5, 5.41) is 1.17. The van der Waals surface area contributed by atoms with Gasteiger partial charge < -0.3 is 4.90 Å². The first kappa shape index (κ1) is 23.5. The van der Waals surface area contributed by atoms with Gasteiger partial charge in [0.2, 0.25) is 5.91 Å². The largest absolute Gasteiger partial charge is 0.336 e. The SMILES string of the molecule is CCC(c1nc2ccccc2c(=O)n1-c1ccc(Cl)cc1C)N(C)C(=O)CCC1CCCC1. The van der Waals surface area contributed by atoms with E-state index in [2.05, 4.69) is 0 Å². The van der Waals surface area contributed by atoms with Gasteiger partial charge in [-0.15, -0.1) is 0 Å². The molecule has 4 rings (SSSR count). The summed E-state index contributed by atoms with van der Waals surface area (Å²) in [4.78, 5) is 33.6. The lowest BCUT2D eigenvalue weighted by atomic mass is 10.0. The zero-order valence-electron chi connectivity index (χ0n) is 19.7. The molecular formula is C27H32ClN3O2.